The monoisotopic (exact) mass is 326 g/mol. The number of phenolic OH excluding ortho intramolecular Hbond substituents is 1. The predicted molar refractivity (Wildman–Crippen MR) is 79.2 cm³/mol. The zero-order valence-corrected chi connectivity index (χ0v) is 11.9. The molecule has 0 spiro atoms. The molecular weight excluding hydrogens is 319 g/mol. The first-order valence-electron chi connectivity index (χ1n) is 5.62. The minimum atomic E-state index is -0.635. The van der Waals surface area contributed by atoms with Gasteiger partial charge in [0, 0.05) is 17.3 Å². The average molecular weight is 327 g/mol. The Kier molecular flexibility index (Phi) is 4.30. The molecule has 2 N–H and O–H groups in total. The van der Waals surface area contributed by atoms with E-state index in [1.165, 1.54) is 30.3 Å². The van der Waals surface area contributed by atoms with Crippen molar-refractivity contribution in [2.75, 3.05) is 5.32 Å². The van der Waals surface area contributed by atoms with Gasteiger partial charge in [0.05, 0.1) is 9.95 Å². The number of nitro benzene ring substituents is 1. The third kappa shape index (κ3) is 3.42. The second-order valence-corrected chi connectivity index (χ2v) is 4.86. The van der Waals surface area contributed by atoms with Crippen molar-refractivity contribution in [2.45, 2.75) is 0 Å². The quantitative estimate of drug-likeness (QED) is 0.508. The van der Waals surface area contributed by atoms with Gasteiger partial charge in [0.15, 0.2) is 0 Å². The van der Waals surface area contributed by atoms with E-state index < -0.39 is 10.8 Å². The number of benzene rings is 2. The number of aromatic hydroxyl groups is 1. The van der Waals surface area contributed by atoms with Crippen LogP contribution >= 0.6 is 23.2 Å². The van der Waals surface area contributed by atoms with Crippen LogP contribution in [0, 0.1) is 10.1 Å². The van der Waals surface area contributed by atoms with Gasteiger partial charge < -0.3 is 10.4 Å². The summed E-state index contributed by atoms with van der Waals surface area (Å²) < 4.78 is 0. The van der Waals surface area contributed by atoms with Gasteiger partial charge in [0.25, 0.3) is 11.6 Å². The molecule has 0 saturated carbocycles. The van der Waals surface area contributed by atoms with Crippen molar-refractivity contribution >= 4 is 40.5 Å². The van der Waals surface area contributed by atoms with E-state index >= 15 is 0 Å². The summed E-state index contributed by atoms with van der Waals surface area (Å²) in [4.78, 5) is 22.0. The van der Waals surface area contributed by atoms with Crippen LogP contribution < -0.4 is 5.32 Å². The third-order valence-electron chi connectivity index (χ3n) is 2.61. The summed E-state index contributed by atoms with van der Waals surface area (Å²) >= 11 is 11.5. The molecule has 0 atom stereocenters. The molecule has 0 fully saturated rings. The number of amides is 1. The van der Waals surface area contributed by atoms with Crippen molar-refractivity contribution < 1.29 is 14.8 Å². The first kappa shape index (κ1) is 15.1. The van der Waals surface area contributed by atoms with Crippen molar-refractivity contribution in [3.05, 3.63) is 62.1 Å². The van der Waals surface area contributed by atoms with Crippen molar-refractivity contribution in [3.8, 4) is 5.75 Å². The number of hydrogen-bond acceptors (Lipinski definition) is 4. The molecule has 108 valence electrons. The van der Waals surface area contributed by atoms with Crippen molar-refractivity contribution in [1.82, 2.24) is 0 Å². The summed E-state index contributed by atoms with van der Waals surface area (Å²) in [6.45, 7) is 0. The molecule has 21 heavy (non-hydrogen) atoms. The van der Waals surface area contributed by atoms with Gasteiger partial charge in [-0.1, -0.05) is 23.2 Å². The fourth-order valence-corrected chi connectivity index (χ4v) is 2.01. The van der Waals surface area contributed by atoms with Crippen LogP contribution in [-0.4, -0.2) is 15.9 Å². The number of nitro groups is 1. The fourth-order valence-electron chi connectivity index (χ4n) is 1.58. The summed E-state index contributed by atoms with van der Waals surface area (Å²) in [6.07, 6.45) is 0. The molecule has 0 heterocycles. The number of phenols is 1. The number of rotatable bonds is 3. The molecule has 0 unspecified atom stereocenters. The van der Waals surface area contributed by atoms with Crippen molar-refractivity contribution in [3.63, 3.8) is 0 Å². The van der Waals surface area contributed by atoms with E-state index in [1.54, 1.807) is 0 Å². The highest BCUT2D eigenvalue weighted by Crippen LogP contribution is 2.28. The van der Waals surface area contributed by atoms with Crippen LogP contribution in [0.4, 0.5) is 11.4 Å². The Morgan fingerprint density at radius 1 is 1.14 bits per heavy atom. The van der Waals surface area contributed by atoms with Gasteiger partial charge in [-0.3, -0.25) is 14.9 Å². The second-order valence-electron chi connectivity index (χ2n) is 4.04. The Bertz CT molecular complexity index is 734. The maximum atomic E-state index is 12.0. The van der Waals surface area contributed by atoms with E-state index in [2.05, 4.69) is 5.32 Å². The van der Waals surface area contributed by atoms with Gasteiger partial charge in [-0.2, -0.15) is 0 Å². The molecule has 8 heteroatoms. The minimum Gasteiger partial charge on any atom is -0.506 e. The smallest absolute Gasteiger partial charge is 0.287 e. The van der Waals surface area contributed by atoms with E-state index in [-0.39, 0.29) is 27.0 Å². The first-order valence-corrected chi connectivity index (χ1v) is 6.38. The maximum Gasteiger partial charge on any atom is 0.287 e. The molecule has 2 aromatic rings. The summed E-state index contributed by atoms with van der Waals surface area (Å²) in [5.74, 6) is -0.610. The lowest BCUT2D eigenvalue weighted by atomic mass is 10.2. The topological polar surface area (TPSA) is 92.5 Å². The van der Waals surface area contributed by atoms with E-state index in [0.717, 1.165) is 6.07 Å². The number of halogens is 2. The first-order chi connectivity index (χ1) is 9.88. The van der Waals surface area contributed by atoms with Crippen LogP contribution in [-0.2, 0) is 0 Å². The van der Waals surface area contributed by atoms with Gasteiger partial charge in [0.1, 0.15) is 10.8 Å². The molecule has 0 bridgehead atoms. The second kappa shape index (κ2) is 5.99. The highest BCUT2D eigenvalue weighted by Gasteiger charge is 2.15. The van der Waals surface area contributed by atoms with Gasteiger partial charge in [0.2, 0.25) is 0 Å². The van der Waals surface area contributed by atoms with Crippen LogP contribution in [0.15, 0.2) is 36.4 Å². The molecule has 2 aromatic carbocycles. The third-order valence-corrected chi connectivity index (χ3v) is 3.22. The molecule has 0 saturated heterocycles. The van der Waals surface area contributed by atoms with Crippen LogP contribution in [0.1, 0.15) is 10.4 Å². The highest BCUT2D eigenvalue weighted by atomic mass is 35.5. The summed E-state index contributed by atoms with van der Waals surface area (Å²) in [7, 11) is 0. The summed E-state index contributed by atoms with van der Waals surface area (Å²) in [5.41, 5.74) is 0.257. The van der Waals surface area contributed by atoms with Gasteiger partial charge in [-0.05, 0) is 30.3 Å². The Balaban J connectivity index is 2.22. The molecule has 0 radical (unpaired) electrons. The summed E-state index contributed by atoms with van der Waals surface area (Å²) in [5, 5.41) is 22.4. The van der Waals surface area contributed by atoms with Crippen LogP contribution in [0.3, 0.4) is 0 Å². The van der Waals surface area contributed by atoms with Crippen LogP contribution in [0.5, 0.6) is 5.75 Å². The van der Waals surface area contributed by atoms with Crippen LogP contribution in [0.25, 0.3) is 0 Å². The van der Waals surface area contributed by atoms with Gasteiger partial charge in [-0.15, -0.1) is 0 Å². The van der Waals surface area contributed by atoms with E-state index in [1.807, 2.05) is 0 Å². The Morgan fingerprint density at radius 3 is 2.43 bits per heavy atom. The number of nitrogens with zero attached hydrogens (tertiary/aromatic N) is 1. The molecule has 1 amide bonds. The number of carbonyl (C=O) groups is 1. The predicted octanol–water partition coefficient (Wildman–Crippen LogP) is 3.86. The minimum absolute atomic E-state index is 0.0922. The molecule has 0 aliphatic rings. The highest BCUT2D eigenvalue weighted by molar-refractivity contribution is 6.33. The lowest BCUT2D eigenvalue weighted by Gasteiger charge is -2.07. The number of hydrogen-bond donors (Lipinski definition) is 2. The SMILES string of the molecule is O=C(Nc1ccc(O)c(Cl)c1)c1ccc([N+](=O)[O-])c(Cl)c1. The van der Waals surface area contributed by atoms with E-state index in [9.17, 15) is 20.0 Å². The fraction of sp³-hybridized carbons (Fsp3) is 0. The lowest BCUT2D eigenvalue weighted by Crippen LogP contribution is -2.12. The van der Waals surface area contributed by atoms with Crippen molar-refractivity contribution in [1.29, 1.82) is 0 Å². The standard InChI is InChI=1S/C13H8Cl2N2O4/c14-9-5-7(1-3-11(9)17(20)21)13(19)16-8-2-4-12(18)10(15)6-8/h1-6,18H,(H,16,19). The molecule has 2 rings (SSSR count). The maximum absolute atomic E-state index is 12.0. The number of nitrogens with one attached hydrogen (secondary N) is 1. The zero-order valence-electron chi connectivity index (χ0n) is 10.3. The summed E-state index contributed by atoms with van der Waals surface area (Å²) in [6, 6.07) is 7.83. The molecule has 0 aliphatic heterocycles. The Hall–Kier alpha value is -2.31. The molecule has 0 aliphatic carbocycles. The normalized spacial score (nSPS) is 10.2. The van der Waals surface area contributed by atoms with Crippen LogP contribution in [0.2, 0.25) is 10.0 Å². The number of carbonyl (C=O) groups excluding carboxylic acids is 1. The number of anilines is 1. The molecule has 0 aromatic heterocycles. The zero-order chi connectivity index (χ0) is 15.6. The largest absolute Gasteiger partial charge is 0.506 e. The lowest BCUT2D eigenvalue weighted by molar-refractivity contribution is -0.384. The van der Waals surface area contributed by atoms with E-state index in [4.69, 9.17) is 23.2 Å². The van der Waals surface area contributed by atoms with Gasteiger partial charge >= 0.3 is 0 Å². The Labute approximate surface area is 129 Å². The van der Waals surface area contributed by atoms with Gasteiger partial charge in [-0.25, -0.2) is 0 Å². The van der Waals surface area contributed by atoms with E-state index in [0.29, 0.717) is 5.69 Å². The van der Waals surface area contributed by atoms with Crippen molar-refractivity contribution in [2.24, 2.45) is 0 Å². The Morgan fingerprint density at radius 2 is 1.86 bits per heavy atom. The average Bonchev–Trinajstić information content (AvgIpc) is 2.42. The molecule has 6 nitrogen and oxygen atoms in total. The molecular formula is C13H8Cl2N2O4.